The third-order valence-electron chi connectivity index (χ3n) is 1.45. The second-order valence-corrected chi connectivity index (χ2v) is 3.12. The molecule has 0 bridgehead atoms. The molecule has 0 aromatic heterocycles. The minimum Gasteiger partial charge on any atom is -0.466 e. The van der Waals surface area contributed by atoms with Gasteiger partial charge in [-0.15, -0.1) is 0 Å². The van der Waals surface area contributed by atoms with Crippen LogP contribution in [0.3, 0.4) is 0 Å². The monoisotopic (exact) mass is 244 g/mol. The van der Waals surface area contributed by atoms with E-state index >= 15 is 0 Å². The first-order valence-electron chi connectivity index (χ1n) is 3.65. The van der Waals surface area contributed by atoms with Gasteiger partial charge >= 0.3 is 0 Å². The molecular formula is C9H9BrO3. The molecule has 4 heteroatoms. The van der Waals surface area contributed by atoms with E-state index in [0.29, 0.717) is 15.8 Å². The first kappa shape index (κ1) is 10.2. The van der Waals surface area contributed by atoms with Gasteiger partial charge in [0, 0.05) is 12.7 Å². The standard InChI is InChI=1S/C9H9BrO3/c1-12-6-13-8-4-2-3-7(5-11)9(8)10/h2-5H,6H2,1H3. The molecule has 1 aromatic carbocycles. The van der Waals surface area contributed by atoms with Gasteiger partial charge in [-0.2, -0.15) is 0 Å². The van der Waals surface area contributed by atoms with Gasteiger partial charge in [-0.05, 0) is 22.0 Å². The van der Waals surface area contributed by atoms with Crippen LogP contribution in [0.15, 0.2) is 22.7 Å². The summed E-state index contributed by atoms with van der Waals surface area (Å²) < 4.78 is 10.6. The summed E-state index contributed by atoms with van der Waals surface area (Å²) in [6, 6.07) is 5.21. The van der Waals surface area contributed by atoms with Crippen LogP contribution < -0.4 is 4.74 Å². The highest BCUT2D eigenvalue weighted by molar-refractivity contribution is 9.10. The summed E-state index contributed by atoms with van der Waals surface area (Å²) in [7, 11) is 1.54. The van der Waals surface area contributed by atoms with Crippen molar-refractivity contribution in [3.8, 4) is 5.75 Å². The van der Waals surface area contributed by atoms with Crippen molar-refractivity contribution in [3.63, 3.8) is 0 Å². The maximum atomic E-state index is 10.5. The van der Waals surface area contributed by atoms with Crippen LogP contribution in [0.4, 0.5) is 0 Å². The number of aldehydes is 1. The van der Waals surface area contributed by atoms with Crippen LogP contribution in [0.25, 0.3) is 0 Å². The fourth-order valence-electron chi connectivity index (χ4n) is 0.853. The van der Waals surface area contributed by atoms with Gasteiger partial charge in [-0.3, -0.25) is 4.79 Å². The Balaban J connectivity index is 2.87. The first-order chi connectivity index (χ1) is 6.29. The van der Waals surface area contributed by atoms with E-state index in [9.17, 15) is 4.79 Å². The van der Waals surface area contributed by atoms with Crippen LogP contribution in [-0.4, -0.2) is 20.2 Å². The fourth-order valence-corrected chi connectivity index (χ4v) is 1.32. The minimum absolute atomic E-state index is 0.168. The van der Waals surface area contributed by atoms with Crippen molar-refractivity contribution in [2.24, 2.45) is 0 Å². The van der Waals surface area contributed by atoms with Crippen LogP contribution in [0, 0.1) is 0 Å². The van der Waals surface area contributed by atoms with E-state index in [1.54, 1.807) is 18.2 Å². The molecule has 13 heavy (non-hydrogen) atoms. The van der Waals surface area contributed by atoms with Gasteiger partial charge in [-0.1, -0.05) is 12.1 Å². The maximum absolute atomic E-state index is 10.5. The molecule has 0 unspecified atom stereocenters. The molecule has 0 radical (unpaired) electrons. The normalized spacial score (nSPS) is 9.69. The number of methoxy groups -OCH3 is 1. The zero-order valence-corrected chi connectivity index (χ0v) is 8.71. The molecule has 0 aliphatic heterocycles. The molecular weight excluding hydrogens is 236 g/mol. The maximum Gasteiger partial charge on any atom is 0.188 e. The Bertz CT molecular complexity index is 299. The summed E-state index contributed by atoms with van der Waals surface area (Å²) in [6.07, 6.45) is 0.768. The van der Waals surface area contributed by atoms with E-state index in [0.717, 1.165) is 6.29 Å². The Morgan fingerprint density at radius 1 is 1.54 bits per heavy atom. The molecule has 0 aliphatic carbocycles. The van der Waals surface area contributed by atoms with Gasteiger partial charge in [0.2, 0.25) is 0 Å². The van der Waals surface area contributed by atoms with Crippen molar-refractivity contribution >= 4 is 22.2 Å². The van der Waals surface area contributed by atoms with E-state index in [1.165, 1.54) is 7.11 Å². The fraction of sp³-hybridized carbons (Fsp3) is 0.222. The summed E-state index contributed by atoms with van der Waals surface area (Å²) in [5, 5.41) is 0. The van der Waals surface area contributed by atoms with Gasteiger partial charge in [0.25, 0.3) is 0 Å². The Morgan fingerprint density at radius 2 is 2.31 bits per heavy atom. The smallest absolute Gasteiger partial charge is 0.188 e. The number of hydrogen-bond donors (Lipinski definition) is 0. The van der Waals surface area contributed by atoms with Crippen molar-refractivity contribution in [1.29, 1.82) is 0 Å². The number of rotatable bonds is 4. The SMILES string of the molecule is COCOc1cccc(C=O)c1Br. The Morgan fingerprint density at radius 3 is 2.92 bits per heavy atom. The van der Waals surface area contributed by atoms with Gasteiger partial charge < -0.3 is 9.47 Å². The molecule has 70 valence electrons. The largest absolute Gasteiger partial charge is 0.466 e. The Labute approximate surface area is 84.8 Å². The highest BCUT2D eigenvalue weighted by Crippen LogP contribution is 2.27. The Hall–Kier alpha value is -0.870. The number of hydrogen-bond acceptors (Lipinski definition) is 3. The van der Waals surface area contributed by atoms with Crippen LogP contribution in [-0.2, 0) is 4.74 Å². The molecule has 0 spiro atoms. The Kier molecular flexibility index (Phi) is 3.92. The van der Waals surface area contributed by atoms with Crippen molar-refractivity contribution in [2.45, 2.75) is 0 Å². The van der Waals surface area contributed by atoms with E-state index in [1.807, 2.05) is 0 Å². The average molecular weight is 245 g/mol. The summed E-state index contributed by atoms with van der Waals surface area (Å²) in [6.45, 7) is 0.168. The first-order valence-corrected chi connectivity index (χ1v) is 4.44. The third-order valence-corrected chi connectivity index (χ3v) is 2.30. The predicted molar refractivity (Wildman–Crippen MR) is 52.0 cm³/mol. The average Bonchev–Trinajstić information content (AvgIpc) is 2.16. The summed E-state index contributed by atoms with van der Waals surface area (Å²) in [5.74, 6) is 0.603. The van der Waals surface area contributed by atoms with Crippen molar-refractivity contribution in [3.05, 3.63) is 28.2 Å². The molecule has 1 rings (SSSR count). The van der Waals surface area contributed by atoms with Crippen molar-refractivity contribution in [1.82, 2.24) is 0 Å². The lowest BCUT2D eigenvalue weighted by molar-refractivity contribution is 0.0505. The molecule has 0 saturated heterocycles. The molecule has 0 fully saturated rings. The molecule has 0 N–H and O–H groups in total. The lowest BCUT2D eigenvalue weighted by Crippen LogP contribution is -2.00. The van der Waals surface area contributed by atoms with E-state index in [4.69, 9.17) is 9.47 Å². The van der Waals surface area contributed by atoms with Crippen LogP contribution in [0.1, 0.15) is 10.4 Å². The summed E-state index contributed by atoms with van der Waals surface area (Å²) >= 11 is 3.26. The zero-order chi connectivity index (χ0) is 9.68. The third kappa shape index (κ3) is 2.54. The van der Waals surface area contributed by atoms with Gasteiger partial charge in [0.05, 0.1) is 4.47 Å². The number of ether oxygens (including phenoxy) is 2. The second-order valence-electron chi connectivity index (χ2n) is 2.33. The molecule has 0 amide bonds. The van der Waals surface area contributed by atoms with Gasteiger partial charge in [0.15, 0.2) is 13.1 Å². The molecule has 0 aliphatic rings. The molecule has 0 heterocycles. The van der Waals surface area contributed by atoms with E-state index < -0.39 is 0 Å². The molecule has 0 atom stereocenters. The lowest BCUT2D eigenvalue weighted by Gasteiger charge is -2.07. The van der Waals surface area contributed by atoms with E-state index in [2.05, 4.69) is 15.9 Å². The predicted octanol–water partition coefficient (Wildman–Crippen LogP) is 2.24. The zero-order valence-electron chi connectivity index (χ0n) is 7.12. The molecule has 3 nitrogen and oxygen atoms in total. The quantitative estimate of drug-likeness (QED) is 0.602. The lowest BCUT2D eigenvalue weighted by atomic mass is 10.2. The highest BCUT2D eigenvalue weighted by Gasteiger charge is 2.04. The van der Waals surface area contributed by atoms with Crippen LogP contribution >= 0.6 is 15.9 Å². The molecule has 1 aromatic rings. The number of halogens is 1. The van der Waals surface area contributed by atoms with Crippen molar-refractivity contribution in [2.75, 3.05) is 13.9 Å². The highest BCUT2D eigenvalue weighted by atomic mass is 79.9. The van der Waals surface area contributed by atoms with Crippen LogP contribution in [0.2, 0.25) is 0 Å². The topological polar surface area (TPSA) is 35.5 Å². The number of carbonyl (C=O) groups is 1. The minimum atomic E-state index is 0.168. The van der Waals surface area contributed by atoms with E-state index in [-0.39, 0.29) is 6.79 Å². The molecule has 0 saturated carbocycles. The summed E-state index contributed by atoms with van der Waals surface area (Å²) in [5.41, 5.74) is 0.564. The van der Waals surface area contributed by atoms with Crippen molar-refractivity contribution < 1.29 is 14.3 Å². The van der Waals surface area contributed by atoms with Gasteiger partial charge in [0.1, 0.15) is 5.75 Å². The summed E-state index contributed by atoms with van der Waals surface area (Å²) in [4.78, 5) is 10.5. The number of carbonyl (C=O) groups excluding carboxylic acids is 1. The number of benzene rings is 1. The second kappa shape index (κ2) is 4.99. The van der Waals surface area contributed by atoms with Crippen LogP contribution in [0.5, 0.6) is 5.75 Å². The van der Waals surface area contributed by atoms with Gasteiger partial charge in [-0.25, -0.2) is 0 Å².